The molecular formula is C20H31NO2. The van der Waals surface area contributed by atoms with Crippen molar-refractivity contribution in [2.45, 2.75) is 52.5 Å². The Kier molecular flexibility index (Phi) is 7.47. The summed E-state index contributed by atoms with van der Waals surface area (Å²) in [6.45, 7) is 6.91. The van der Waals surface area contributed by atoms with Crippen LogP contribution >= 0.6 is 0 Å². The van der Waals surface area contributed by atoms with E-state index in [9.17, 15) is 0 Å². The Bertz CT molecular complexity index is 508. The monoisotopic (exact) mass is 317 g/mol. The molecule has 0 aliphatic heterocycles. The van der Waals surface area contributed by atoms with Gasteiger partial charge in [0.1, 0.15) is 0 Å². The Morgan fingerprint density at radius 1 is 1.17 bits per heavy atom. The van der Waals surface area contributed by atoms with Gasteiger partial charge in [-0.05, 0) is 62.3 Å². The molecule has 0 atom stereocenters. The van der Waals surface area contributed by atoms with Crippen LogP contribution in [0.5, 0.6) is 11.5 Å². The molecule has 1 aliphatic carbocycles. The fourth-order valence-corrected chi connectivity index (χ4v) is 2.81. The average Bonchev–Trinajstić information content (AvgIpc) is 2.58. The zero-order chi connectivity index (χ0) is 16.5. The average molecular weight is 317 g/mol. The van der Waals surface area contributed by atoms with Gasteiger partial charge in [-0.2, -0.15) is 0 Å². The summed E-state index contributed by atoms with van der Waals surface area (Å²) in [5.41, 5.74) is 2.86. The highest BCUT2D eigenvalue weighted by molar-refractivity contribution is 5.43. The van der Waals surface area contributed by atoms with E-state index in [1.165, 1.54) is 37.7 Å². The van der Waals surface area contributed by atoms with Crippen LogP contribution in [0.3, 0.4) is 0 Å². The van der Waals surface area contributed by atoms with Gasteiger partial charge in [0, 0.05) is 6.54 Å². The molecule has 0 bridgehead atoms. The molecule has 3 nitrogen and oxygen atoms in total. The van der Waals surface area contributed by atoms with Crippen LogP contribution < -0.4 is 14.8 Å². The molecule has 0 amide bonds. The van der Waals surface area contributed by atoms with E-state index >= 15 is 0 Å². The minimum Gasteiger partial charge on any atom is -0.493 e. The first kappa shape index (κ1) is 17.9. The second-order valence-corrected chi connectivity index (χ2v) is 6.72. The fraction of sp³-hybridized carbons (Fsp3) is 0.600. The van der Waals surface area contributed by atoms with Gasteiger partial charge in [-0.25, -0.2) is 0 Å². The quantitative estimate of drug-likeness (QED) is 0.528. The minimum atomic E-state index is 0.509. The zero-order valence-electron chi connectivity index (χ0n) is 14.9. The fourth-order valence-electron chi connectivity index (χ4n) is 2.81. The summed E-state index contributed by atoms with van der Waals surface area (Å²) in [6, 6.07) is 6.20. The van der Waals surface area contributed by atoms with Gasteiger partial charge >= 0.3 is 0 Å². The lowest BCUT2D eigenvalue weighted by molar-refractivity contribution is 0.256. The van der Waals surface area contributed by atoms with Gasteiger partial charge in [0.2, 0.25) is 0 Å². The Morgan fingerprint density at radius 2 is 2.04 bits per heavy atom. The van der Waals surface area contributed by atoms with Crippen molar-refractivity contribution in [3.8, 4) is 11.5 Å². The molecule has 1 aliphatic rings. The Hall–Kier alpha value is -1.48. The van der Waals surface area contributed by atoms with E-state index in [0.29, 0.717) is 12.5 Å². The maximum absolute atomic E-state index is 5.80. The first-order valence-corrected chi connectivity index (χ1v) is 8.87. The first-order valence-electron chi connectivity index (χ1n) is 8.87. The maximum Gasteiger partial charge on any atom is 0.161 e. The topological polar surface area (TPSA) is 30.5 Å². The largest absolute Gasteiger partial charge is 0.493 e. The van der Waals surface area contributed by atoms with Crippen LogP contribution in [0.25, 0.3) is 0 Å². The molecule has 2 rings (SSSR count). The van der Waals surface area contributed by atoms with Gasteiger partial charge in [-0.15, -0.1) is 0 Å². The van der Waals surface area contributed by atoms with Gasteiger partial charge in [-0.1, -0.05) is 31.6 Å². The lowest BCUT2D eigenvalue weighted by atomic mass is 9.97. The molecular weight excluding hydrogens is 286 g/mol. The third kappa shape index (κ3) is 6.26. The van der Waals surface area contributed by atoms with Crippen molar-refractivity contribution in [1.29, 1.82) is 0 Å². The van der Waals surface area contributed by atoms with Gasteiger partial charge in [-0.3, -0.25) is 0 Å². The third-order valence-corrected chi connectivity index (χ3v) is 4.14. The van der Waals surface area contributed by atoms with E-state index in [0.717, 1.165) is 24.6 Å². The molecule has 1 aromatic rings. The number of nitrogens with one attached hydrogen (secondary N) is 1. The third-order valence-electron chi connectivity index (χ3n) is 4.14. The minimum absolute atomic E-state index is 0.509. The van der Waals surface area contributed by atoms with Gasteiger partial charge in [0.15, 0.2) is 11.5 Å². The van der Waals surface area contributed by atoms with Gasteiger partial charge in [0.05, 0.1) is 13.7 Å². The standard InChI is InChI=1S/C20H31NO2/c1-16(2)15-23-19-10-9-18(13-20(19)22-3)14-21-12-11-17-7-5-4-6-8-17/h7,9-10,13,16,21H,4-6,8,11-12,14-15H2,1-3H3. The van der Waals surface area contributed by atoms with Crippen molar-refractivity contribution in [2.75, 3.05) is 20.3 Å². The highest BCUT2D eigenvalue weighted by atomic mass is 16.5. The molecule has 0 saturated carbocycles. The molecule has 128 valence electrons. The zero-order valence-corrected chi connectivity index (χ0v) is 14.9. The predicted octanol–water partition coefficient (Wildman–Crippen LogP) is 4.71. The molecule has 0 spiro atoms. The van der Waals surface area contributed by atoms with Crippen molar-refractivity contribution in [3.63, 3.8) is 0 Å². The Balaban J connectivity index is 1.79. The number of methoxy groups -OCH3 is 1. The first-order chi connectivity index (χ1) is 11.2. The summed E-state index contributed by atoms with van der Waals surface area (Å²) >= 11 is 0. The van der Waals surface area contributed by atoms with Crippen molar-refractivity contribution >= 4 is 0 Å². The number of hydrogen-bond acceptors (Lipinski definition) is 3. The van der Waals surface area contributed by atoms with Crippen LogP contribution in [-0.2, 0) is 6.54 Å². The summed E-state index contributed by atoms with van der Waals surface area (Å²) < 4.78 is 11.3. The molecule has 1 aromatic carbocycles. The van der Waals surface area contributed by atoms with E-state index in [1.54, 1.807) is 12.7 Å². The molecule has 0 saturated heterocycles. The van der Waals surface area contributed by atoms with E-state index in [1.807, 2.05) is 6.07 Å². The van der Waals surface area contributed by atoms with Crippen molar-refractivity contribution < 1.29 is 9.47 Å². The Labute approximate surface area is 141 Å². The van der Waals surface area contributed by atoms with Crippen molar-refractivity contribution in [3.05, 3.63) is 35.4 Å². The highest BCUT2D eigenvalue weighted by Crippen LogP contribution is 2.28. The normalized spacial score (nSPS) is 14.7. The molecule has 0 radical (unpaired) electrons. The lowest BCUT2D eigenvalue weighted by Gasteiger charge is -2.15. The van der Waals surface area contributed by atoms with Crippen molar-refractivity contribution in [1.82, 2.24) is 5.32 Å². The van der Waals surface area contributed by atoms with Crippen molar-refractivity contribution in [2.24, 2.45) is 5.92 Å². The van der Waals surface area contributed by atoms with Gasteiger partial charge < -0.3 is 14.8 Å². The number of hydrogen-bond donors (Lipinski definition) is 1. The summed E-state index contributed by atoms with van der Waals surface area (Å²) in [4.78, 5) is 0. The van der Waals surface area contributed by atoms with E-state index in [-0.39, 0.29) is 0 Å². The van der Waals surface area contributed by atoms with E-state index < -0.39 is 0 Å². The van der Waals surface area contributed by atoms with Crippen LogP contribution in [0.1, 0.15) is 51.5 Å². The van der Waals surface area contributed by atoms with E-state index in [4.69, 9.17) is 9.47 Å². The molecule has 23 heavy (non-hydrogen) atoms. The van der Waals surface area contributed by atoms with Crippen LogP contribution in [0.4, 0.5) is 0 Å². The molecule has 0 fully saturated rings. The van der Waals surface area contributed by atoms with Crippen LogP contribution in [0.15, 0.2) is 29.8 Å². The second kappa shape index (κ2) is 9.61. The Morgan fingerprint density at radius 3 is 2.74 bits per heavy atom. The van der Waals surface area contributed by atoms with Gasteiger partial charge in [0.25, 0.3) is 0 Å². The SMILES string of the molecule is COc1cc(CNCCC2=CCCCC2)ccc1OCC(C)C. The number of allylic oxidation sites excluding steroid dienone is 1. The summed E-state index contributed by atoms with van der Waals surface area (Å²) in [6.07, 6.45) is 8.88. The molecule has 3 heteroatoms. The maximum atomic E-state index is 5.80. The number of rotatable bonds is 9. The molecule has 0 unspecified atom stereocenters. The lowest BCUT2D eigenvalue weighted by Crippen LogP contribution is -2.16. The summed E-state index contributed by atoms with van der Waals surface area (Å²) in [5.74, 6) is 2.16. The highest BCUT2D eigenvalue weighted by Gasteiger charge is 2.07. The summed E-state index contributed by atoms with van der Waals surface area (Å²) in [7, 11) is 1.70. The summed E-state index contributed by atoms with van der Waals surface area (Å²) in [5, 5.41) is 3.53. The molecule has 0 heterocycles. The van der Waals surface area contributed by atoms with Crippen LogP contribution in [0, 0.1) is 5.92 Å². The molecule has 0 aromatic heterocycles. The smallest absolute Gasteiger partial charge is 0.161 e. The molecule has 1 N–H and O–H groups in total. The van der Waals surface area contributed by atoms with Crippen LogP contribution in [0.2, 0.25) is 0 Å². The number of benzene rings is 1. The predicted molar refractivity (Wildman–Crippen MR) is 96.2 cm³/mol. The van der Waals surface area contributed by atoms with Crippen LogP contribution in [-0.4, -0.2) is 20.3 Å². The second-order valence-electron chi connectivity index (χ2n) is 6.72. The number of ether oxygens (including phenoxy) is 2. The van der Waals surface area contributed by atoms with E-state index in [2.05, 4.69) is 37.4 Å².